The van der Waals surface area contributed by atoms with E-state index in [0.717, 1.165) is 5.56 Å². The molecule has 0 bridgehead atoms. The zero-order valence-electron chi connectivity index (χ0n) is 18.0. The van der Waals surface area contributed by atoms with Gasteiger partial charge < -0.3 is 24.6 Å². The van der Waals surface area contributed by atoms with Crippen molar-refractivity contribution in [2.75, 3.05) is 11.9 Å². The highest BCUT2D eigenvalue weighted by molar-refractivity contribution is 6.00. The Morgan fingerprint density at radius 2 is 1.71 bits per heavy atom. The number of pyridine rings is 1. The van der Waals surface area contributed by atoms with Crippen LogP contribution in [0, 0.1) is 6.92 Å². The predicted molar refractivity (Wildman–Crippen MR) is 115 cm³/mol. The van der Waals surface area contributed by atoms with Crippen molar-refractivity contribution in [3.8, 4) is 28.5 Å². The van der Waals surface area contributed by atoms with Crippen molar-refractivity contribution in [2.45, 2.75) is 25.6 Å². The van der Waals surface area contributed by atoms with E-state index in [1.165, 1.54) is 24.3 Å². The Labute approximate surface area is 192 Å². The fourth-order valence-electron chi connectivity index (χ4n) is 3.93. The molecule has 8 nitrogen and oxygen atoms in total. The molecular formula is C24H18F2N2O6. The highest BCUT2D eigenvalue weighted by Crippen LogP contribution is 2.50. The Bertz CT molecular complexity index is 1340. The number of hydrogen-bond acceptors (Lipinski definition) is 6. The molecule has 0 spiro atoms. The standard InChI is InChI=1S/C24H18F2N2O6/c1-12-3-8-19(27-20(12)13-4-6-14(7-5-13)21(29)30)28-22(31)23(2)11-32-16-10-18-17(9-15(16)23)33-24(25,26)34-18/h3-10H,11H2,1-2H3,(H,29,30)(H,27,28,31)/t23-/m0/s1. The molecule has 174 valence electrons. The first-order valence-electron chi connectivity index (χ1n) is 10.3. The predicted octanol–water partition coefficient (Wildman–Crippen LogP) is 4.37. The fourth-order valence-corrected chi connectivity index (χ4v) is 3.93. The number of aryl methyl sites for hydroxylation is 1. The van der Waals surface area contributed by atoms with Gasteiger partial charge in [0.15, 0.2) is 11.5 Å². The lowest BCUT2D eigenvalue weighted by molar-refractivity contribution is -0.286. The number of fused-ring (bicyclic) bond motifs is 2. The summed E-state index contributed by atoms with van der Waals surface area (Å²) < 4.78 is 41.4. The molecule has 3 heterocycles. The second-order valence-corrected chi connectivity index (χ2v) is 8.28. The van der Waals surface area contributed by atoms with Gasteiger partial charge in [-0.25, -0.2) is 9.78 Å². The number of anilines is 1. The van der Waals surface area contributed by atoms with Crippen LogP contribution in [0.2, 0.25) is 0 Å². The molecule has 1 aromatic heterocycles. The van der Waals surface area contributed by atoms with Crippen LogP contribution in [0.4, 0.5) is 14.6 Å². The summed E-state index contributed by atoms with van der Waals surface area (Å²) in [6.07, 6.45) is -3.78. The van der Waals surface area contributed by atoms with Gasteiger partial charge in [0.25, 0.3) is 0 Å². The number of carboxylic acids is 1. The number of halogens is 2. The first-order valence-corrected chi connectivity index (χ1v) is 10.3. The number of aromatic nitrogens is 1. The Morgan fingerprint density at radius 3 is 2.38 bits per heavy atom. The average molecular weight is 468 g/mol. The van der Waals surface area contributed by atoms with Crippen molar-refractivity contribution in [1.29, 1.82) is 0 Å². The second-order valence-electron chi connectivity index (χ2n) is 8.28. The Morgan fingerprint density at radius 1 is 1.03 bits per heavy atom. The van der Waals surface area contributed by atoms with E-state index in [1.54, 1.807) is 31.2 Å². The van der Waals surface area contributed by atoms with Gasteiger partial charge in [-0.05, 0) is 43.7 Å². The van der Waals surface area contributed by atoms with E-state index >= 15 is 0 Å². The molecule has 0 saturated carbocycles. The van der Waals surface area contributed by atoms with Gasteiger partial charge in [0.2, 0.25) is 5.91 Å². The molecule has 0 unspecified atom stereocenters. The molecule has 0 fully saturated rings. The number of nitrogens with zero attached hydrogens (tertiary/aromatic N) is 1. The van der Waals surface area contributed by atoms with Crippen molar-refractivity contribution in [3.63, 3.8) is 0 Å². The summed E-state index contributed by atoms with van der Waals surface area (Å²) in [7, 11) is 0. The molecule has 2 aliphatic rings. The summed E-state index contributed by atoms with van der Waals surface area (Å²) in [4.78, 5) is 28.9. The molecule has 0 radical (unpaired) electrons. The minimum absolute atomic E-state index is 0.0111. The summed E-state index contributed by atoms with van der Waals surface area (Å²) in [6.45, 7) is 3.47. The van der Waals surface area contributed by atoms with Gasteiger partial charge in [-0.3, -0.25) is 4.79 Å². The molecule has 2 aliphatic heterocycles. The minimum Gasteiger partial charge on any atom is -0.492 e. The van der Waals surface area contributed by atoms with Gasteiger partial charge in [-0.15, -0.1) is 8.78 Å². The molecular weight excluding hydrogens is 450 g/mol. The molecule has 2 aromatic carbocycles. The van der Waals surface area contributed by atoms with Crippen LogP contribution in [-0.4, -0.2) is 34.9 Å². The number of aromatic carboxylic acids is 1. The number of ether oxygens (including phenoxy) is 3. The maximum absolute atomic E-state index is 13.4. The van der Waals surface area contributed by atoms with E-state index in [-0.39, 0.29) is 35.2 Å². The van der Waals surface area contributed by atoms with Crippen molar-refractivity contribution < 1.29 is 37.7 Å². The number of rotatable bonds is 4. The topological polar surface area (TPSA) is 107 Å². The minimum atomic E-state index is -3.78. The van der Waals surface area contributed by atoms with Crippen LogP contribution >= 0.6 is 0 Å². The molecule has 1 amide bonds. The number of amides is 1. The largest absolute Gasteiger partial charge is 0.586 e. The van der Waals surface area contributed by atoms with Gasteiger partial charge in [0.1, 0.15) is 23.6 Å². The summed E-state index contributed by atoms with van der Waals surface area (Å²) in [5.74, 6) is -1.28. The van der Waals surface area contributed by atoms with Gasteiger partial charge in [-0.2, -0.15) is 0 Å². The number of carbonyl (C=O) groups is 2. The van der Waals surface area contributed by atoms with E-state index in [0.29, 0.717) is 16.8 Å². The van der Waals surface area contributed by atoms with Crippen LogP contribution in [0.25, 0.3) is 11.3 Å². The first kappa shape index (κ1) is 21.6. The lowest BCUT2D eigenvalue weighted by atomic mass is 9.83. The van der Waals surface area contributed by atoms with E-state index in [1.807, 2.05) is 6.92 Å². The highest BCUT2D eigenvalue weighted by atomic mass is 19.3. The zero-order valence-corrected chi connectivity index (χ0v) is 18.0. The maximum atomic E-state index is 13.4. The third-order valence-corrected chi connectivity index (χ3v) is 5.86. The molecule has 3 aromatic rings. The van der Waals surface area contributed by atoms with E-state index in [4.69, 9.17) is 9.84 Å². The monoisotopic (exact) mass is 468 g/mol. The average Bonchev–Trinajstić information content (AvgIpc) is 3.28. The lowest BCUT2D eigenvalue weighted by Gasteiger charge is -2.22. The van der Waals surface area contributed by atoms with Gasteiger partial charge in [0, 0.05) is 17.2 Å². The number of nitrogens with one attached hydrogen (secondary N) is 1. The number of hydrogen-bond donors (Lipinski definition) is 2. The number of benzene rings is 2. The van der Waals surface area contributed by atoms with Gasteiger partial charge in [0.05, 0.1) is 11.3 Å². The first-order chi connectivity index (χ1) is 16.1. The zero-order chi connectivity index (χ0) is 24.3. The molecule has 34 heavy (non-hydrogen) atoms. The summed E-state index contributed by atoms with van der Waals surface area (Å²) in [6, 6.07) is 12.3. The molecule has 0 saturated heterocycles. The van der Waals surface area contributed by atoms with Crippen molar-refractivity contribution >= 4 is 17.7 Å². The number of carboxylic acid groups (broad SMARTS) is 1. The van der Waals surface area contributed by atoms with Gasteiger partial charge >= 0.3 is 12.3 Å². The molecule has 1 atom stereocenters. The Kier molecular flexibility index (Phi) is 4.71. The van der Waals surface area contributed by atoms with E-state index < -0.39 is 23.6 Å². The van der Waals surface area contributed by atoms with Crippen LogP contribution in [0.15, 0.2) is 48.5 Å². The highest BCUT2D eigenvalue weighted by Gasteiger charge is 2.49. The van der Waals surface area contributed by atoms with Crippen LogP contribution in [0.3, 0.4) is 0 Å². The number of alkyl halides is 2. The lowest BCUT2D eigenvalue weighted by Crippen LogP contribution is -2.39. The van der Waals surface area contributed by atoms with Crippen LogP contribution in [0.5, 0.6) is 17.2 Å². The van der Waals surface area contributed by atoms with Crippen molar-refractivity contribution in [3.05, 3.63) is 65.2 Å². The van der Waals surface area contributed by atoms with Crippen LogP contribution in [0.1, 0.15) is 28.4 Å². The van der Waals surface area contributed by atoms with Crippen LogP contribution < -0.4 is 19.5 Å². The second kappa shape index (κ2) is 7.41. The summed E-state index contributed by atoms with van der Waals surface area (Å²) >= 11 is 0. The third-order valence-electron chi connectivity index (χ3n) is 5.86. The van der Waals surface area contributed by atoms with E-state index in [9.17, 15) is 18.4 Å². The SMILES string of the molecule is Cc1ccc(NC(=O)[C@@]2(C)COc3cc4c(cc32)OC(F)(F)O4)nc1-c1ccc(C(=O)O)cc1. The molecule has 2 N–H and O–H groups in total. The smallest absolute Gasteiger partial charge is 0.492 e. The molecule has 0 aliphatic carbocycles. The summed E-state index contributed by atoms with van der Waals surface area (Å²) in [5, 5.41) is 11.9. The third kappa shape index (κ3) is 3.57. The van der Waals surface area contributed by atoms with Crippen LogP contribution in [-0.2, 0) is 10.2 Å². The van der Waals surface area contributed by atoms with Crippen molar-refractivity contribution in [1.82, 2.24) is 4.98 Å². The Balaban J connectivity index is 1.42. The molecule has 10 heteroatoms. The Hall–Kier alpha value is -4.21. The van der Waals surface area contributed by atoms with E-state index in [2.05, 4.69) is 19.8 Å². The normalized spacial score (nSPS) is 19.3. The summed E-state index contributed by atoms with van der Waals surface area (Å²) in [5.41, 5.74) is 1.44. The number of carbonyl (C=O) groups excluding carboxylic acids is 1. The molecule has 5 rings (SSSR count). The van der Waals surface area contributed by atoms with Gasteiger partial charge in [-0.1, -0.05) is 18.2 Å². The quantitative estimate of drug-likeness (QED) is 0.586. The van der Waals surface area contributed by atoms with Crippen molar-refractivity contribution in [2.24, 2.45) is 0 Å². The maximum Gasteiger partial charge on any atom is 0.586 e. The fraction of sp³-hybridized carbons (Fsp3) is 0.208.